The van der Waals surface area contributed by atoms with E-state index in [1.807, 2.05) is 53.7 Å². The zero-order valence-electron chi connectivity index (χ0n) is 22.0. The number of hydrogen-bond donors (Lipinski definition) is 2. The lowest BCUT2D eigenvalue weighted by Crippen LogP contribution is -2.50. The molecule has 0 unspecified atom stereocenters. The summed E-state index contributed by atoms with van der Waals surface area (Å²) in [6.45, 7) is 1.60. The van der Waals surface area contributed by atoms with Crippen LogP contribution in [0.4, 0.5) is 10.1 Å². The second kappa shape index (κ2) is 10.9. The van der Waals surface area contributed by atoms with Gasteiger partial charge in [0.15, 0.2) is 0 Å². The summed E-state index contributed by atoms with van der Waals surface area (Å²) in [5, 5.41) is 7.15. The first-order valence-corrected chi connectivity index (χ1v) is 14.3. The summed E-state index contributed by atoms with van der Waals surface area (Å²) in [5.74, 6) is 0.405. The lowest BCUT2D eigenvalue weighted by Gasteiger charge is -2.41. The Bertz CT molecular complexity index is 1280. The minimum Gasteiger partial charge on any atom is -0.343 e. The number of halogens is 1. The van der Waals surface area contributed by atoms with Crippen LogP contribution in [-0.2, 0) is 15.1 Å². The Morgan fingerprint density at radius 1 is 1.13 bits per heavy atom. The fraction of sp³-hybridized carbons (Fsp3) is 0.433. The number of nitrogens with one attached hydrogen (secondary N) is 1. The van der Waals surface area contributed by atoms with E-state index >= 15 is 0 Å². The predicted octanol–water partition coefficient (Wildman–Crippen LogP) is 6.13. The molecule has 6 nitrogen and oxygen atoms in total. The highest BCUT2D eigenvalue weighted by Gasteiger charge is 2.42. The van der Waals surface area contributed by atoms with Crippen LogP contribution in [0.15, 0.2) is 53.4 Å². The molecule has 2 fully saturated rings. The SMILES string of the molecule is CC(=O)N(C)C1CCC(CC(=O)Nc2cnc(-c3ccc(C4(N)CC(F)C4)cc3)c(-c3ccsc3)c2)CC1. The summed E-state index contributed by atoms with van der Waals surface area (Å²) in [7, 11) is 1.86. The molecule has 0 radical (unpaired) electrons. The molecule has 3 N–H and O–H groups in total. The van der Waals surface area contributed by atoms with Gasteiger partial charge in [-0.15, -0.1) is 0 Å². The molecule has 2 aliphatic carbocycles. The van der Waals surface area contributed by atoms with E-state index in [2.05, 4.69) is 10.7 Å². The van der Waals surface area contributed by atoms with Crippen LogP contribution in [0, 0.1) is 5.92 Å². The third-order valence-corrected chi connectivity index (χ3v) is 8.93. The first-order valence-electron chi connectivity index (χ1n) is 13.3. The van der Waals surface area contributed by atoms with Crippen molar-refractivity contribution in [3.05, 3.63) is 58.9 Å². The maximum Gasteiger partial charge on any atom is 0.224 e. The molecule has 38 heavy (non-hydrogen) atoms. The molecule has 2 amide bonds. The van der Waals surface area contributed by atoms with Gasteiger partial charge in [-0.1, -0.05) is 24.3 Å². The number of rotatable bonds is 7. The molecule has 0 saturated heterocycles. The molecular formula is C30H35FN4O2S. The average molecular weight is 535 g/mol. The second-order valence-corrected chi connectivity index (χ2v) is 11.7. The van der Waals surface area contributed by atoms with Gasteiger partial charge >= 0.3 is 0 Å². The maximum atomic E-state index is 13.5. The van der Waals surface area contributed by atoms with Crippen molar-refractivity contribution < 1.29 is 14.0 Å². The maximum absolute atomic E-state index is 13.5. The number of hydrogen-bond acceptors (Lipinski definition) is 5. The minimum atomic E-state index is -0.822. The number of amides is 2. The zero-order chi connectivity index (χ0) is 26.9. The van der Waals surface area contributed by atoms with Gasteiger partial charge in [0.25, 0.3) is 0 Å². The Kier molecular flexibility index (Phi) is 7.63. The van der Waals surface area contributed by atoms with Gasteiger partial charge in [0.05, 0.1) is 17.6 Å². The molecule has 0 bridgehead atoms. The highest BCUT2D eigenvalue weighted by Crippen LogP contribution is 2.42. The fourth-order valence-electron chi connectivity index (χ4n) is 5.79. The van der Waals surface area contributed by atoms with Crippen LogP contribution >= 0.6 is 11.3 Å². The number of thiophene rings is 1. The van der Waals surface area contributed by atoms with Gasteiger partial charge in [-0.3, -0.25) is 14.6 Å². The quantitative estimate of drug-likeness (QED) is 0.382. The van der Waals surface area contributed by atoms with E-state index in [0.717, 1.165) is 53.6 Å². The van der Waals surface area contributed by atoms with Gasteiger partial charge in [0, 0.05) is 55.9 Å². The molecule has 0 aliphatic heterocycles. The van der Waals surface area contributed by atoms with E-state index < -0.39 is 11.7 Å². The molecule has 2 aromatic heterocycles. The van der Waals surface area contributed by atoms with Crippen LogP contribution in [0.3, 0.4) is 0 Å². The van der Waals surface area contributed by atoms with Gasteiger partial charge in [-0.05, 0) is 65.6 Å². The Morgan fingerprint density at radius 2 is 1.84 bits per heavy atom. The largest absolute Gasteiger partial charge is 0.343 e. The number of nitrogens with zero attached hydrogens (tertiary/aromatic N) is 2. The molecule has 200 valence electrons. The molecule has 5 rings (SSSR count). The van der Waals surface area contributed by atoms with E-state index in [-0.39, 0.29) is 17.9 Å². The normalized spacial score (nSPS) is 24.9. The first-order chi connectivity index (χ1) is 18.2. The average Bonchev–Trinajstić information content (AvgIpc) is 3.43. The summed E-state index contributed by atoms with van der Waals surface area (Å²) < 4.78 is 13.5. The molecule has 0 spiro atoms. The first kappa shape index (κ1) is 26.5. The van der Waals surface area contributed by atoms with Gasteiger partial charge < -0.3 is 16.0 Å². The highest BCUT2D eigenvalue weighted by atomic mass is 32.1. The molecule has 3 aromatic rings. The van der Waals surface area contributed by atoms with Crippen molar-refractivity contribution in [3.8, 4) is 22.4 Å². The van der Waals surface area contributed by atoms with Crippen molar-refractivity contribution in [1.82, 2.24) is 9.88 Å². The van der Waals surface area contributed by atoms with E-state index in [0.29, 0.717) is 30.9 Å². The van der Waals surface area contributed by atoms with E-state index in [4.69, 9.17) is 10.7 Å². The number of carbonyl (C=O) groups is 2. The Morgan fingerprint density at radius 3 is 2.45 bits per heavy atom. The highest BCUT2D eigenvalue weighted by molar-refractivity contribution is 7.08. The van der Waals surface area contributed by atoms with Crippen LogP contribution < -0.4 is 11.1 Å². The summed E-state index contributed by atoms with van der Waals surface area (Å²) in [5.41, 5.74) is 11.1. The summed E-state index contributed by atoms with van der Waals surface area (Å²) in [4.78, 5) is 31.1. The zero-order valence-corrected chi connectivity index (χ0v) is 22.8. The molecule has 0 atom stereocenters. The topological polar surface area (TPSA) is 88.3 Å². The Balaban J connectivity index is 1.28. The molecule has 2 heterocycles. The van der Waals surface area contributed by atoms with Gasteiger partial charge in [-0.25, -0.2) is 4.39 Å². The Labute approximate surface area is 227 Å². The van der Waals surface area contributed by atoms with E-state index in [9.17, 15) is 14.0 Å². The lowest BCUT2D eigenvalue weighted by atomic mass is 9.71. The number of anilines is 1. The third-order valence-electron chi connectivity index (χ3n) is 8.24. The van der Waals surface area contributed by atoms with Crippen LogP contribution in [0.1, 0.15) is 57.4 Å². The lowest BCUT2D eigenvalue weighted by molar-refractivity contribution is -0.130. The minimum absolute atomic E-state index is 0.0107. The van der Waals surface area contributed by atoms with Crippen molar-refractivity contribution >= 4 is 28.8 Å². The standard InChI is InChI=1S/C30H35FN4O2S/c1-19(36)35(2)26-9-3-20(4-10-26)13-28(37)34-25-14-27(22-11-12-38-18-22)29(33-17-25)21-5-7-23(8-6-21)30(32)15-24(31)16-30/h5-8,11-12,14,17-18,20,24,26H,3-4,9-10,13,15-16,32H2,1-2H3,(H,34,37). The molecular weight excluding hydrogens is 499 g/mol. The Hall–Kier alpha value is -3.10. The van der Waals surface area contributed by atoms with Crippen LogP contribution in [-0.4, -0.2) is 41.0 Å². The van der Waals surface area contributed by atoms with Crippen molar-refractivity contribution in [1.29, 1.82) is 0 Å². The van der Waals surface area contributed by atoms with Crippen LogP contribution in [0.2, 0.25) is 0 Å². The number of carbonyl (C=O) groups excluding carboxylic acids is 2. The molecule has 2 saturated carbocycles. The molecule has 2 aliphatic rings. The predicted molar refractivity (Wildman–Crippen MR) is 150 cm³/mol. The number of benzene rings is 1. The van der Waals surface area contributed by atoms with Gasteiger partial charge in [0.1, 0.15) is 6.17 Å². The summed E-state index contributed by atoms with van der Waals surface area (Å²) in [6, 6.07) is 12.2. The molecule has 8 heteroatoms. The van der Waals surface area contributed by atoms with Crippen molar-refractivity contribution in [2.45, 2.75) is 69.6 Å². The monoisotopic (exact) mass is 534 g/mol. The van der Waals surface area contributed by atoms with E-state index in [1.54, 1.807) is 24.5 Å². The molecule has 1 aromatic carbocycles. The van der Waals surface area contributed by atoms with E-state index in [1.165, 1.54) is 0 Å². The van der Waals surface area contributed by atoms with Crippen LogP contribution in [0.25, 0.3) is 22.4 Å². The summed E-state index contributed by atoms with van der Waals surface area (Å²) >= 11 is 1.61. The fourth-order valence-corrected chi connectivity index (χ4v) is 6.45. The van der Waals surface area contributed by atoms with Gasteiger partial charge in [0.2, 0.25) is 11.8 Å². The third kappa shape index (κ3) is 5.66. The van der Waals surface area contributed by atoms with Crippen LogP contribution in [0.5, 0.6) is 0 Å². The smallest absolute Gasteiger partial charge is 0.224 e. The van der Waals surface area contributed by atoms with Crippen molar-refractivity contribution in [2.75, 3.05) is 12.4 Å². The number of aromatic nitrogens is 1. The van der Waals surface area contributed by atoms with Crippen molar-refractivity contribution in [2.24, 2.45) is 11.7 Å². The van der Waals surface area contributed by atoms with Crippen molar-refractivity contribution in [3.63, 3.8) is 0 Å². The number of pyridine rings is 1. The number of nitrogens with two attached hydrogens (primary N) is 1. The van der Waals surface area contributed by atoms with Gasteiger partial charge in [-0.2, -0.15) is 11.3 Å². The second-order valence-electron chi connectivity index (χ2n) is 10.9. The number of alkyl halides is 1. The summed E-state index contributed by atoms with van der Waals surface area (Å²) in [6.07, 6.45) is 5.83.